The molecule has 62 valence electrons. The normalized spacial score (nSPS) is 13.7. The van der Waals surface area contributed by atoms with E-state index in [1.54, 1.807) is 0 Å². The first kappa shape index (κ1) is 7.78. The lowest BCUT2D eigenvalue weighted by Gasteiger charge is -1.97. The van der Waals surface area contributed by atoms with Gasteiger partial charge >= 0.3 is 0 Å². The molecule has 1 aromatic rings. The summed E-state index contributed by atoms with van der Waals surface area (Å²) in [6.07, 6.45) is 10.9. The van der Waals surface area contributed by atoms with Crippen molar-refractivity contribution >= 4 is 11.3 Å². The van der Waals surface area contributed by atoms with Crippen LogP contribution in [0.2, 0.25) is 0 Å². The number of anilines is 1. The minimum absolute atomic E-state index is 0.795. The molecule has 0 radical (unpaired) electrons. The number of allylic oxidation sites excluding steroid dienone is 6. The Balaban J connectivity index is 2.36. The predicted molar refractivity (Wildman–Crippen MR) is 55.8 cm³/mol. The number of nitrogens with two attached hydrogens (primary N) is 1. The Kier molecular flexibility index (Phi) is 1.95. The second-order valence-corrected chi connectivity index (χ2v) is 2.91. The Hall–Kier alpha value is -1.85. The molecule has 2 N–H and O–H groups in total. The number of hydrogen-bond acceptors (Lipinski definition) is 1. The van der Waals surface area contributed by atoms with Crippen LogP contribution < -0.4 is 5.73 Å². The van der Waals surface area contributed by atoms with Gasteiger partial charge in [-0.05, 0) is 24.3 Å². The molecule has 2 rings (SSSR count). The smallest absolute Gasteiger partial charge is 0.111 e. The lowest BCUT2D eigenvalue weighted by molar-refractivity contribution is 1.59. The fourth-order valence-electron chi connectivity index (χ4n) is 1.25. The Bertz CT molecular complexity index is 380. The molecular formula is C12H10N+. The first-order valence-corrected chi connectivity index (χ1v) is 4.18. The Labute approximate surface area is 77.9 Å². The quantitative estimate of drug-likeness (QED) is 0.506. The molecule has 1 aliphatic carbocycles. The molecule has 0 bridgehead atoms. The topological polar surface area (TPSA) is 26.0 Å². The summed E-state index contributed by atoms with van der Waals surface area (Å²) in [5, 5.41) is 0. The van der Waals surface area contributed by atoms with Crippen molar-refractivity contribution in [2.24, 2.45) is 0 Å². The second kappa shape index (κ2) is 3.26. The summed E-state index contributed by atoms with van der Waals surface area (Å²) >= 11 is 0. The van der Waals surface area contributed by atoms with Gasteiger partial charge in [-0.25, -0.2) is 0 Å². The average molecular weight is 168 g/mol. The van der Waals surface area contributed by atoms with Gasteiger partial charge in [0.2, 0.25) is 0 Å². The third-order valence-electron chi connectivity index (χ3n) is 1.95. The molecule has 1 aromatic carbocycles. The summed E-state index contributed by atoms with van der Waals surface area (Å²) in [7, 11) is 0. The van der Waals surface area contributed by atoms with E-state index in [0.29, 0.717) is 0 Å². The molecular weight excluding hydrogens is 158 g/mol. The largest absolute Gasteiger partial charge is 0.399 e. The number of rotatable bonds is 1. The van der Waals surface area contributed by atoms with Crippen molar-refractivity contribution in [3.63, 3.8) is 0 Å². The van der Waals surface area contributed by atoms with Crippen LogP contribution in [0.4, 0.5) is 5.69 Å². The van der Waals surface area contributed by atoms with E-state index in [9.17, 15) is 0 Å². The van der Waals surface area contributed by atoms with Gasteiger partial charge in [-0.1, -0.05) is 0 Å². The molecule has 13 heavy (non-hydrogen) atoms. The van der Waals surface area contributed by atoms with Gasteiger partial charge in [0.25, 0.3) is 0 Å². The van der Waals surface area contributed by atoms with E-state index < -0.39 is 0 Å². The van der Waals surface area contributed by atoms with Crippen LogP contribution in [0.3, 0.4) is 0 Å². The maximum Gasteiger partial charge on any atom is 0.111 e. The van der Waals surface area contributed by atoms with Crippen LogP contribution in [0.1, 0.15) is 5.56 Å². The van der Waals surface area contributed by atoms with Gasteiger partial charge in [0.05, 0.1) is 11.6 Å². The second-order valence-electron chi connectivity index (χ2n) is 2.91. The van der Waals surface area contributed by atoms with E-state index in [1.165, 1.54) is 11.1 Å². The first-order chi connectivity index (χ1) is 6.36. The highest BCUT2D eigenvalue weighted by Gasteiger charge is 2.05. The van der Waals surface area contributed by atoms with Gasteiger partial charge in [0.15, 0.2) is 0 Å². The van der Waals surface area contributed by atoms with E-state index in [0.717, 1.165) is 5.69 Å². The third-order valence-corrected chi connectivity index (χ3v) is 1.95. The molecule has 0 atom stereocenters. The molecule has 0 aliphatic heterocycles. The lowest BCUT2D eigenvalue weighted by atomic mass is 10.0. The monoisotopic (exact) mass is 168 g/mol. The molecule has 0 saturated carbocycles. The lowest BCUT2D eigenvalue weighted by Crippen LogP contribution is -1.86. The molecule has 0 spiro atoms. The Morgan fingerprint density at radius 3 is 2.46 bits per heavy atom. The predicted octanol–water partition coefficient (Wildman–Crippen LogP) is 2.58. The van der Waals surface area contributed by atoms with Crippen LogP contribution >= 0.6 is 0 Å². The van der Waals surface area contributed by atoms with E-state index in [-0.39, 0.29) is 0 Å². The van der Waals surface area contributed by atoms with Crippen molar-refractivity contribution in [1.29, 1.82) is 0 Å². The minimum Gasteiger partial charge on any atom is -0.399 e. The van der Waals surface area contributed by atoms with Crippen LogP contribution in [-0.2, 0) is 0 Å². The maximum atomic E-state index is 5.60. The molecule has 0 aromatic heterocycles. The van der Waals surface area contributed by atoms with Gasteiger partial charge < -0.3 is 5.73 Å². The standard InChI is InChI=1S/C12H10N/c13-12-8-6-11(7-9-12)10-4-2-1-3-5-10/h1-2,4-9H,13H2/q+1. The highest BCUT2D eigenvalue weighted by Crippen LogP contribution is 2.19. The molecule has 0 fully saturated rings. The van der Waals surface area contributed by atoms with E-state index in [1.807, 2.05) is 42.5 Å². The summed E-state index contributed by atoms with van der Waals surface area (Å²) in [5.41, 5.74) is 8.73. The summed E-state index contributed by atoms with van der Waals surface area (Å²) in [6, 6.07) is 7.84. The van der Waals surface area contributed by atoms with E-state index in [2.05, 4.69) is 12.2 Å². The number of hydrogen-bond donors (Lipinski definition) is 1. The zero-order valence-electron chi connectivity index (χ0n) is 7.20. The third kappa shape index (κ3) is 1.66. The maximum absolute atomic E-state index is 5.60. The zero-order chi connectivity index (χ0) is 9.10. The van der Waals surface area contributed by atoms with Crippen molar-refractivity contribution in [3.8, 4) is 0 Å². The highest BCUT2D eigenvalue weighted by molar-refractivity contribution is 5.76. The fourth-order valence-corrected chi connectivity index (χ4v) is 1.25. The number of benzene rings is 1. The van der Waals surface area contributed by atoms with Crippen LogP contribution in [0.5, 0.6) is 0 Å². The fraction of sp³-hybridized carbons (Fsp3) is 0. The van der Waals surface area contributed by atoms with Crippen molar-refractivity contribution in [3.05, 3.63) is 60.2 Å². The van der Waals surface area contributed by atoms with Gasteiger partial charge in [-0.3, -0.25) is 0 Å². The van der Waals surface area contributed by atoms with Gasteiger partial charge in [-0.2, -0.15) is 0 Å². The van der Waals surface area contributed by atoms with Gasteiger partial charge in [0.1, 0.15) is 12.2 Å². The van der Waals surface area contributed by atoms with Gasteiger partial charge in [0, 0.05) is 23.4 Å². The van der Waals surface area contributed by atoms with Crippen molar-refractivity contribution in [1.82, 2.24) is 0 Å². The number of nitrogen functional groups attached to an aromatic ring is 1. The Morgan fingerprint density at radius 1 is 1.08 bits per heavy atom. The first-order valence-electron chi connectivity index (χ1n) is 4.18. The summed E-state index contributed by atoms with van der Waals surface area (Å²) in [6.45, 7) is 0. The van der Waals surface area contributed by atoms with Crippen molar-refractivity contribution in [2.75, 3.05) is 5.73 Å². The van der Waals surface area contributed by atoms with Crippen molar-refractivity contribution < 1.29 is 0 Å². The van der Waals surface area contributed by atoms with E-state index >= 15 is 0 Å². The highest BCUT2D eigenvalue weighted by atomic mass is 14.5. The summed E-state index contributed by atoms with van der Waals surface area (Å²) in [4.78, 5) is 0. The molecule has 1 aliphatic rings. The van der Waals surface area contributed by atoms with Crippen LogP contribution in [-0.4, -0.2) is 0 Å². The molecule has 0 amide bonds. The Morgan fingerprint density at radius 2 is 1.85 bits per heavy atom. The zero-order valence-corrected chi connectivity index (χ0v) is 7.20. The molecule has 0 saturated heterocycles. The average Bonchev–Trinajstić information content (AvgIpc) is 2.20. The molecule has 1 nitrogen and oxygen atoms in total. The van der Waals surface area contributed by atoms with Crippen LogP contribution in [0, 0.1) is 6.08 Å². The SMILES string of the molecule is Nc1ccc(C2=CC=C[C+]=C2)cc1. The molecule has 1 heteroatoms. The van der Waals surface area contributed by atoms with Crippen LogP contribution in [0.15, 0.2) is 48.6 Å². The molecule has 0 heterocycles. The van der Waals surface area contributed by atoms with Gasteiger partial charge in [-0.15, -0.1) is 0 Å². The van der Waals surface area contributed by atoms with Crippen molar-refractivity contribution in [2.45, 2.75) is 0 Å². The summed E-state index contributed by atoms with van der Waals surface area (Å²) in [5.74, 6) is 0. The summed E-state index contributed by atoms with van der Waals surface area (Å²) < 4.78 is 0. The van der Waals surface area contributed by atoms with E-state index in [4.69, 9.17) is 5.73 Å². The minimum atomic E-state index is 0.795. The molecule has 0 unspecified atom stereocenters. The van der Waals surface area contributed by atoms with Crippen LogP contribution in [0.25, 0.3) is 5.57 Å².